The average Bonchev–Trinajstić information content (AvgIpc) is 3.23. The van der Waals surface area contributed by atoms with E-state index in [1.165, 1.54) is 0 Å². The number of carboxylic acids is 1. The van der Waals surface area contributed by atoms with E-state index < -0.39 is 17.8 Å². The van der Waals surface area contributed by atoms with Crippen LogP contribution in [0.5, 0.6) is 5.75 Å². The maximum atomic E-state index is 12.7. The first-order chi connectivity index (χ1) is 11.6. The van der Waals surface area contributed by atoms with Crippen molar-refractivity contribution in [1.29, 1.82) is 0 Å². The fraction of sp³-hybridized carbons (Fsp3) is 0.556. The Morgan fingerprint density at radius 1 is 1.38 bits per heavy atom. The van der Waals surface area contributed by atoms with Gasteiger partial charge in [0.05, 0.1) is 25.0 Å². The van der Waals surface area contributed by atoms with E-state index in [0.29, 0.717) is 19.5 Å². The summed E-state index contributed by atoms with van der Waals surface area (Å²) in [5.74, 6) is -1.15. The van der Waals surface area contributed by atoms with Crippen LogP contribution in [0.1, 0.15) is 24.8 Å². The Morgan fingerprint density at radius 3 is 2.83 bits per heavy atom. The number of ether oxygens (including phenoxy) is 2. The molecule has 1 aromatic carbocycles. The maximum absolute atomic E-state index is 12.7. The van der Waals surface area contributed by atoms with Gasteiger partial charge in [-0.3, -0.25) is 9.59 Å². The molecule has 6 heteroatoms. The minimum Gasteiger partial charge on any atom is -0.497 e. The topological polar surface area (TPSA) is 76.1 Å². The summed E-state index contributed by atoms with van der Waals surface area (Å²) in [5, 5.41) is 9.08. The number of carbonyl (C=O) groups is 2. The predicted octanol–water partition coefficient (Wildman–Crippen LogP) is 1.92. The minimum absolute atomic E-state index is 0.0431. The van der Waals surface area contributed by atoms with Crippen LogP contribution in [0.2, 0.25) is 0 Å². The Balaban J connectivity index is 1.71. The normalized spacial score (nSPS) is 25.3. The molecule has 0 radical (unpaired) electrons. The molecule has 0 aromatic heterocycles. The van der Waals surface area contributed by atoms with E-state index in [-0.39, 0.29) is 12.0 Å². The SMILES string of the molecule is COc1cccc(CN(C[C@@H]2CCCO2)C(=O)[C@@H]2C[C@H]2C(=O)O)c1. The molecule has 130 valence electrons. The largest absolute Gasteiger partial charge is 0.497 e. The molecule has 1 heterocycles. The number of carbonyl (C=O) groups excluding carboxylic acids is 1. The van der Waals surface area contributed by atoms with Gasteiger partial charge in [-0.25, -0.2) is 0 Å². The van der Waals surface area contributed by atoms with Crippen LogP contribution in [-0.2, 0) is 20.9 Å². The highest BCUT2D eigenvalue weighted by Gasteiger charge is 2.50. The Bertz CT molecular complexity index is 611. The zero-order chi connectivity index (χ0) is 17.1. The molecule has 1 aromatic rings. The lowest BCUT2D eigenvalue weighted by atomic mass is 10.1. The van der Waals surface area contributed by atoms with E-state index in [4.69, 9.17) is 14.6 Å². The van der Waals surface area contributed by atoms with E-state index in [1.807, 2.05) is 24.3 Å². The molecular formula is C18H23NO5. The first kappa shape index (κ1) is 16.8. The van der Waals surface area contributed by atoms with Gasteiger partial charge in [0.15, 0.2) is 0 Å². The summed E-state index contributed by atoms with van der Waals surface area (Å²) in [6.45, 7) is 1.69. The number of carboxylic acid groups (broad SMARTS) is 1. The Kier molecular flexibility index (Phi) is 5.04. The summed E-state index contributed by atoms with van der Waals surface area (Å²) >= 11 is 0. The van der Waals surface area contributed by atoms with Crippen LogP contribution in [0.3, 0.4) is 0 Å². The highest BCUT2D eigenvalue weighted by molar-refractivity contribution is 5.89. The first-order valence-electron chi connectivity index (χ1n) is 8.34. The van der Waals surface area contributed by atoms with Gasteiger partial charge in [0.1, 0.15) is 5.75 Å². The standard InChI is InChI=1S/C18H23NO5/c1-23-13-5-2-4-12(8-13)10-19(11-14-6-3-7-24-14)17(20)15-9-16(15)18(21)22/h2,4-5,8,14-16H,3,6-7,9-11H2,1H3,(H,21,22)/t14-,15+,16+/m0/s1. The molecule has 24 heavy (non-hydrogen) atoms. The second-order valence-electron chi connectivity index (χ2n) is 6.49. The van der Waals surface area contributed by atoms with Crippen molar-refractivity contribution in [2.24, 2.45) is 11.8 Å². The molecule has 3 rings (SSSR count). The number of methoxy groups -OCH3 is 1. The highest BCUT2D eigenvalue weighted by Crippen LogP contribution is 2.40. The van der Waals surface area contributed by atoms with Crippen LogP contribution >= 0.6 is 0 Å². The molecule has 0 spiro atoms. The summed E-state index contributed by atoms with van der Waals surface area (Å²) < 4.78 is 10.9. The smallest absolute Gasteiger partial charge is 0.307 e. The molecule has 0 bridgehead atoms. The monoisotopic (exact) mass is 333 g/mol. The van der Waals surface area contributed by atoms with Crippen molar-refractivity contribution < 1.29 is 24.2 Å². The van der Waals surface area contributed by atoms with Crippen LogP contribution in [0.4, 0.5) is 0 Å². The van der Waals surface area contributed by atoms with Gasteiger partial charge >= 0.3 is 5.97 Å². The molecule has 0 unspecified atom stereocenters. The second-order valence-corrected chi connectivity index (χ2v) is 6.49. The first-order valence-corrected chi connectivity index (χ1v) is 8.34. The Morgan fingerprint density at radius 2 is 2.21 bits per heavy atom. The van der Waals surface area contributed by atoms with Gasteiger partial charge in [0.25, 0.3) is 0 Å². The molecule has 1 amide bonds. The van der Waals surface area contributed by atoms with Crippen LogP contribution in [0.15, 0.2) is 24.3 Å². The molecule has 6 nitrogen and oxygen atoms in total. The van der Waals surface area contributed by atoms with Gasteiger partial charge in [0.2, 0.25) is 5.91 Å². The summed E-state index contributed by atoms with van der Waals surface area (Å²) in [7, 11) is 1.61. The summed E-state index contributed by atoms with van der Waals surface area (Å²) in [5.41, 5.74) is 0.966. The molecule has 2 fully saturated rings. The molecular weight excluding hydrogens is 310 g/mol. The van der Waals surface area contributed by atoms with Gasteiger partial charge in [-0.05, 0) is 37.0 Å². The quantitative estimate of drug-likeness (QED) is 0.825. The molecule has 1 saturated carbocycles. The van der Waals surface area contributed by atoms with E-state index in [9.17, 15) is 9.59 Å². The fourth-order valence-corrected chi connectivity index (χ4v) is 3.23. The van der Waals surface area contributed by atoms with Crippen molar-refractivity contribution in [3.8, 4) is 5.75 Å². The third-order valence-electron chi connectivity index (χ3n) is 4.69. The summed E-state index contributed by atoms with van der Waals surface area (Å²) in [6, 6.07) is 7.59. The zero-order valence-corrected chi connectivity index (χ0v) is 13.8. The van der Waals surface area contributed by atoms with Crippen molar-refractivity contribution in [3.63, 3.8) is 0 Å². The summed E-state index contributed by atoms with van der Waals surface area (Å²) in [6.07, 6.45) is 2.43. The zero-order valence-electron chi connectivity index (χ0n) is 13.8. The van der Waals surface area contributed by atoms with Gasteiger partial charge in [0, 0.05) is 19.7 Å². The van der Waals surface area contributed by atoms with Crippen molar-refractivity contribution in [1.82, 2.24) is 4.90 Å². The molecule has 1 N–H and O–H groups in total. The number of rotatable bonds is 7. The lowest BCUT2D eigenvalue weighted by molar-refractivity contribution is -0.142. The third kappa shape index (κ3) is 3.87. The van der Waals surface area contributed by atoms with Crippen molar-refractivity contribution in [2.45, 2.75) is 31.9 Å². The lowest BCUT2D eigenvalue weighted by Gasteiger charge is -2.26. The second kappa shape index (κ2) is 7.21. The van der Waals surface area contributed by atoms with E-state index in [2.05, 4.69) is 0 Å². The van der Waals surface area contributed by atoms with Crippen LogP contribution in [0, 0.1) is 11.8 Å². The third-order valence-corrected chi connectivity index (χ3v) is 4.69. The van der Waals surface area contributed by atoms with Gasteiger partial charge in [-0.1, -0.05) is 12.1 Å². The Labute approximate surface area is 141 Å². The minimum atomic E-state index is -0.883. The van der Waals surface area contributed by atoms with Gasteiger partial charge < -0.3 is 19.5 Å². The van der Waals surface area contributed by atoms with Gasteiger partial charge in [-0.15, -0.1) is 0 Å². The number of hydrogen-bond donors (Lipinski definition) is 1. The molecule has 1 aliphatic heterocycles. The number of amides is 1. The Hall–Kier alpha value is -2.08. The molecule has 3 atom stereocenters. The highest BCUT2D eigenvalue weighted by atomic mass is 16.5. The summed E-state index contributed by atoms with van der Waals surface area (Å²) in [4.78, 5) is 25.6. The van der Waals surface area contributed by atoms with Crippen LogP contribution in [-0.4, -0.2) is 48.2 Å². The van der Waals surface area contributed by atoms with Crippen molar-refractivity contribution >= 4 is 11.9 Å². The van der Waals surface area contributed by atoms with Crippen molar-refractivity contribution in [3.05, 3.63) is 29.8 Å². The van der Waals surface area contributed by atoms with Gasteiger partial charge in [-0.2, -0.15) is 0 Å². The molecule has 1 saturated heterocycles. The van der Waals surface area contributed by atoms with Crippen molar-refractivity contribution in [2.75, 3.05) is 20.3 Å². The number of aliphatic carboxylic acids is 1. The number of hydrogen-bond acceptors (Lipinski definition) is 4. The number of benzene rings is 1. The molecule has 2 aliphatic rings. The van der Waals surface area contributed by atoms with Crippen LogP contribution in [0.25, 0.3) is 0 Å². The lowest BCUT2D eigenvalue weighted by Crippen LogP contribution is -2.38. The number of nitrogens with zero attached hydrogens (tertiary/aromatic N) is 1. The van der Waals surface area contributed by atoms with Crippen LogP contribution < -0.4 is 4.74 Å². The maximum Gasteiger partial charge on any atom is 0.307 e. The predicted molar refractivity (Wildman–Crippen MR) is 86.6 cm³/mol. The van der Waals surface area contributed by atoms with E-state index >= 15 is 0 Å². The van der Waals surface area contributed by atoms with E-state index in [0.717, 1.165) is 30.8 Å². The van der Waals surface area contributed by atoms with E-state index in [1.54, 1.807) is 12.0 Å². The average molecular weight is 333 g/mol. The molecule has 1 aliphatic carbocycles. The fourth-order valence-electron chi connectivity index (χ4n) is 3.23.